The van der Waals surface area contributed by atoms with Crippen LogP contribution < -0.4 is 16.0 Å². The molecule has 1 fully saturated rings. The number of likely N-dealkylation sites (tertiary alicyclic amines) is 1. The molecule has 0 saturated carbocycles. The highest BCUT2D eigenvalue weighted by Crippen LogP contribution is 2.33. The Morgan fingerprint density at radius 2 is 1.68 bits per heavy atom. The number of hydrogen-bond donors (Lipinski definition) is 4. The van der Waals surface area contributed by atoms with Gasteiger partial charge in [-0.05, 0) is 60.2 Å². The van der Waals surface area contributed by atoms with E-state index >= 15 is 0 Å². The molecule has 4 N–H and O–H groups in total. The van der Waals surface area contributed by atoms with Crippen LogP contribution in [0, 0.1) is 22.7 Å². The van der Waals surface area contributed by atoms with Crippen molar-refractivity contribution >= 4 is 29.0 Å². The van der Waals surface area contributed by atoms with Crippen LogP contribution >= 0.6 is 0 Å². The lowest BCUT2D eigenvalue weighted by molar-refractivity contribution is -0.141. The molecule has 1 heterocycles. The molecule has 3 amide bonds. The van der Waals surface area contributed by atoms with Crippen molar-refractivity contribution in [3.63, 3.8) is 0 Å². The van der Waals surface area contributed by atoms with E-state index in [-0.39, 0.29) is 30.1 Å². The van der Waals surface area contributed by atoms with Gasteiger partial charge in [-0.25, -0.2) is 4.79 Å². The molecule has 0 bridgehead atoms. The van der Waals surface area contributed by atoms with Crippen molar-refractivity contribution in [2.45, 2.75) is 93.3 Å². The Morgan fingerprint density at radius 1 is 1.08 bits per heavy atom. The molecule has 0 aromatic carbocycles. The number of carbonyl (C=O) groups excluding carboxylic acids is 3. The van der Waals surface area contributed by atoms with Crippen LogP contribution in [-0.2, 0) is 25.1 Å². The molecule has 0 spiro atoms. The number of Topliss-reactive ketones (excluding diaryl/α,β-unsaturated/α-hetero) is 1. The Morgan fingerprint density at radius 3 is 2.11 bits per heavy atom. The summed E-state index contributed by atoms with van der Waals surface area (Å²) in [7, 11) is 1.82. The summed E-state index contributed by atoms with van der Waals surface area (Å²) >= 11 is -2.57. The molecule has 0 aliphatic carbocycles. The second-order valence-electron chi connectivity index (χ2n) is 12.7. The zero-order valence-corrected chi connectivity index (χ0v) is 25.4. The molecule has 1 unspecified atom stereocenters. The first kappa shape index (κ1) is 33.5. The van der Waals surface area contributed by atoms with E-state index in [4.69, 9.17) is 0 Å². The summed E-state index contributed by atoms with van der Waals surface area (Å²) in [5.41, 5.74) is -1.01. The molecule has 0 radical (unpaired) electrons. The zero-order chi connectivity index (χ0) is 28.7. The van der Waals surface area contributed by atoms with Gasteiger partial charge in [0, 0.05) is 13.1 Å². The molecule has 216 valence electrons. The van der Waals surface area contributed by atoms with E-state index in [0.717, 1.165) is 6.42 Å². The molecule has 1 rings (SSSR count). The van der Waals surface area contributed by atoms with E-state index in [1.807, 2.05) is 48.6 Å². The van der Waals surface area contributed by atoms with Crippen molar-refractivity contribution in [3.05, 3.63) is 0 Å². The van der Waals surface area contributed by atoms with Crippen LogP contribution in [0.5, 0.6) is 0 Å². The van der Waals surface area contributed by atoms with Crippen LogP contribution in [0.15, 0.2) is 0 Å². The number of amides is 3. The SMILES string of the molecule is CNCCCN(C[C@@H](NC(=O)N[C@H](C(=O)N1CC[C@H](C(C)C)[C@H]1C(C)=O)C(C)(C)C)C(C)(C)C)[SH+](=O)O. The highest BCUT2D eigenvalue weighted by molar-refractivity contribution is 7.76. The molecule has 0 aromatic heterocycles. The van der Waals surface area contributed by atoms with Gasteiger partial charge in [-0.1, -0.05) is 59.7 Å². The van der Waals surface area contributed by atoms with Crippen molar-refractivity contribution in [2.24, 2.45) is 22.7 Å². The molecule has 1 saturated heterocycles. The Kier molecular flexibility index (Phi) is 12.7. The van der Waals surface area contributed by atoms with Gasteiger partial charge in [0.1, 0.15) is 6.04 Å². The molecule has 11 heteroatoms. The summed E-state index contributed by atoms with van der Waals surface area (Å²) in [6, 6.07) is -2.31. The van der Waals surface area contributed by atoms with Gasteiger partial charge in [-0.15, -0.1) is 0 Å². The van der Waals surface area contributed by atoms with Crippen molar-refractivity contribution in [2.75, 3.05) is 33.2 Å². The first-order valence-corrected chi connectivity index (χ1v) is 14.5. The largest absolute Gasteiger partial charge is 0.333 e. The molecule has 1 aliphatic rings. The summed E-state index contributed by atoms with van der Waals surface area (Å²) in [6.07, 6.45) is 1.44. The first-order chi connectivity index (χ1) is 16.9. The van der Waals surface area contributed by atoms with E-state index in [0.29, 0.717) is 26.1 Å². The number of thiol groups is 1. The van der Waals surface area contributed by atoms with Crippen LogP contribution in [0.2, 0.25) is 0 Å². The second-order valence-corrected chi connectivity index (χ2v) is 13.8. The van der Waals surface area contributed by atoms with Gasteiger partial charge in [0.05, 0.1) is 18.6 Å². The molecular weight excluding hydrogens is 494 g/mol. The maximum Gasteiger partial charge on any atom is 0.315 e. The molecule has 5 atom stereocenters. The van der Waals surface area contributed by atoms with Gasteiger partial charge in [0.15, 0.2) is 5.78 Å². The van der Waals surface area contributed by atoms with Gasteiger partial charge < -0.3 is 20.9 Å². The molecule has 37 heavy (non-hydrogen) atoms. The second kappa shape index (κ2) is 14.0. The number of rotatable bonds is 12. The minimum absolute atomic E-state index is 0.0362. The van der Waals surface area contributed by atoms with Crippen LogP contribution in [0.4, 0.5) is 4.79 Å². The Bertz CT molecular complexity index is 808. The number of ketones is 1. The Labute approximate surface area is 226 Å². The van der Waals surface area contributed by atoms with Crippen LogP contribution in [-0.4, -0.2) is 82.8 Å². The fourth-order valence-electron chi connectivity index (χ4n) is 4.86. The smallest absolute Gasteiger partial charge is 0.315 e. The quantitative estimate of drug-likeness (QED) is 0.169. The highest BCUT2D eigenvalue weighted by atomic mass is 32.2. The van der Waals surface area contributed by atoms with Crippen molar-refractivity contribution in [3.8, 4) is 0 Å². The van der Waals surface area contributed by atoms with Gasteiger partial charge in [-0.3, -0.25) is 9.59 Å². The summed E-state index contributed by atoms with van der Waals surface area (Å²) in [4.78, 5) is 41.2. The predicted molar refractivity (Wildman–Crippen MR) is 149 cm³/mol. The summed E-state index contributed by atoms with van der Waals surface area (Å²) in [5, 5.41) is 8.86. The Hall–Kier alpha value is -1.56. The van der Waals surface area contributed by atoms with E-state index < -0.39 is 46.3 Å². The van der Waals surface area contributed by atoms with Gasteiger partial charge in [-0.2, -0.15) is 4.55 Å². The fraction of sp³-hybridized carbons (Fsp3) is 0.885. The monoisotopic (exact) mass is 546 g/mol. The zero-order valence-electron chi connectivity index (χ0n) is 24.6. The topological polar surface area (TPSA) is 131 Å². The summed E-state index contributed by atoms with van der Waals surface area (Å²) in [6.45, 7) is 19.0. The number of nitrogens with one attached hydrogen (secondary N) is 3. The van der Waals surface area contributed by atoms with E-state index in [2.05, 4.69) is 29.8 Å². The van der Waals surface area contributed by atoms with Gasteiger partial charge in [0.2, 0.25) is 5.91 Å². The van der Waals surface area contributed by atoms with Gasteiger partial charge >= 0.3 is 6.03 Å². The lowest BCUT2D eigenvalue weighted by Gasteiger charge is -2.38. The highest BCUT2D eigenvalue weighted by Gasteiger charge is 2.46. The van der Waals surface area contributed by atoms with E-state index in [1.54, 1.807) is 4.90 Å². The standard InChI is InChI=1S/C26H51N5O5S/c1-17(2)19-12-15-31(21(19)18(3)32)23(33)22(26(7,8)9)29-24(34)28-20(25(4,5)6)16-30(37(35)36)14-11-13-27-10/h17,19-22,27H,11-16H2,1-10H3,(H,35,36)(H2,28,29,34)/p+1/t19-,20-,21-,22-/m1/s1. The molecule has 0 aromatic rings. The summed E-state index contributed by atoms with van der Waals surface area (Å²) in [5.74, 6) is 0.0598. The van der Waals surface area contributed by atoms with Crippen LogP contribution in [0.1, 0.15) is 75.2 Å². The molecule has 10 nitrogen and oxygen atoms in total. The third-order valence-corrected chi connectivity index (χ3v) is 8.07. The lowest BCUT2D eigenvalue weighted by atomic mass is 9.84. The number of nitrogens with zero attached hydrogens (tertiary/aromatic N) is 2. The van der Waals surface area contributed by atoms with Crippen molar-refractivity contribution in [1.82, 2.24) is 25.2 Å². The minimum Gasteiger partial charge on any atom is -0.333 e. The summed E-state index contributed by atoms with van der Waals surface area (Å²) < 4.78 is 23.3. The Balaban J connectivity index is 3.10. The number of carbonyl (C=O) groups is 3. The number of hydrogen-bond acceptors (Lipinski definition) is 5. The average Bonchev–Trinajstić information content (AvgIpc) is 3.20. The normalized spacial score (nSPS) is 21.2. The lowest BCUT2D eigenvalue weighted by Crippen LogP contribution is -2.61. The number of urea groups is 1. The minimum atomic E-state index is -2.57. The average molecular weight is 547 g/mol. The third-order valence-electron chi connectivity index (χ3n) is 7.22. The van der Waals surface area contributed by atoms with Crippen LogP contribution in [0.3, 0.4) is 0 Å². The van der Waals surface area contributed by atoms with Gasteiger partial charge in [0.25, 0.3) is 11.3 Å². The predicted octanol–water partition coefficient (Wildman–Crippen LogP) is 2.57. The molecular formula is C26H52N5O5S+. The third kappa shape index (κ3) is 9.92. The first-order valence-electron chi connectivity index (χ1n) is 13.3. The molecule has 1 aliphatic heterocycles. The van der Waals surface area contributed by atoms with Crippen LogP contribution in [0.25, 0.3) is 0 Å². The fourth-order valence-corrected chi connectivity index (χ4v) is 5.48. The van der Waals surface area contributed by atoms with E-state index in [1.165, 1.54) is 11.2 Å². The van der Waals surface area contributed by atoms with E-state index in [9.17, 15) is 23.1 Å². The maximum absolute atomic E-state index is 13.8. The van der Waals surface area contributed by atoms with Crippen molar-refractivity contribution in [1.29, 1.82) is 0 Å². The van der Waals surface area contributed by atoms with Crippen molar-refractivity contribution < 1.29 is 23.1 Å². The maximum atomic E-state index is 13.8.